The lowest BCUT2D eigenvalue weighted by molar-refractivity contribution is 0.961. The summed E-state index contributed by atoms with van der Waals surface area (Å²) in [5.41, 5.74) is 6.19. The molecule has 0 spiro atoms. The van der Waals surface area contributed by atoms with Gasteiger partial charge in [0.25, 0.3) is 0 Å². The molecule has 1 aromatic rings. The molecule has 5 nitrogen and oxygen atoms in total. The first kappa shape index (κ1) is 11.0. The number of nitrogens with one attached hydrogen (secondary N) is 1. The predicted molar refractivity (Wildman–Crippen MR) is 58.9 cm³/mol. The smallest absolute Gasteiger partial charge is 0.169 e. The first-order valence-electron chi connectivity index (χ1n) is 4.29. The molecule has 3 N–H and O–H groups in total. The topological polar surface area (TPSA) is 67.1 Å². The number of hydrogen-bond donors (Lipinski definition) is 2. The molecule has 0 aliphatic rings. The van der Waals surface area contributed by atoms with E-state index in [1.54, 1.807) is 6.20 Å². The van der Waals surface area contributed by atoms with E-state index in [2.05, 4.69) is 15.5 Å². The molecular weight excluding hydrogens is 202 g/mol. The normalized spacial score (nSPS) is 10.0. The van der Waals surface area contributed by atoms with Crippen LogP contribution in [0.15, 0.2) is 6.20 Å². The lowest BCUT2D eigenvalue weighted by Crippen LogP contribution is -2.16. The highest BCUT2D eigenvalue weighted by molar-refractivity contribution is 6.35. The highest BCUT2D eigenvalue weighted by Gasteiger charge is 2.08. The highest BCUT2D eigenvalue weighted by atomic mass is 35.5. The lowest BCUT2D eigenvalue weighted by atomic mass is 10.4. The summed E-state index contributed by atoms with van der Waals surface area (Å²) in [6, 6.07) is 0. The van der Waals surface area contributed by atoms with Gasteiger partial charge in [-0.2, -0.15) is 5.10 Å². The van der Waals surface area contributed by atoms with Gasteiger partial charge < -0.3 is 16.0 Å². The van der Waals surface area contributed by atoms with Crippen molar-refractivity contribution in [2.24, 2.45) is 5.73 Å². The van der Waals surface area contributed by atoms with Gasteiger partial charge in [-0.1, -0.05) is 11.6 Å². The van der Waals surface area contributed by atoms with Crippen LogP contribution in [0.1, 0.15) is 0 Å². The molecule has 0 radical (unpaired) electrons. The van der Waals surface area contributed by atoms with Gasteiger partial charge in [-0.05, 0) is 0 Å². The maximum atomic E-state index is 6.09. The molecule has 0 aromatic carbocycles. The van der Waals surface area contributed by atoms with Crippen molar-refractivity contribution in [3.8, 4) is 0 Å². The third kappa shape index (κ3) is 2.46. The number of aromatic nitrogens is 2. The van der Waals surface area contributed by atoms with E-state index in [0.717, 1.165) is 5.69 Å². The van der Waals surface area contributed by atoms with Crippen LogP contribution in [0.5, 0.6) is 0 Å². The summed E-state index contributed by atoms with van der Waals surface area (Å²) in [5.74, 6) is 0.573. The van der Waals surface area contributed by atoms with E-state index in [1.807, 2.05) is 19.0 Å². The van der Waals surface area contributed by atoms with Gasteiger partial charge in [0.15, 0.2) is 5.82 Å². The van der Waals surface area contributed by atoms with Crippen molar-refractivity contribution in [3.63, 3.8) is 0 Å². The molecule has 0 aliphatic carbocycles. The highest BCUT2D eigenvalue weighted by Crippen LogP contribution is 2.28. The Balaban J connectivity index is 2.89. The van der Waals surface area contributed by atoms with E-state index in [9.17, 15) is 0 Å². The summed E-state index contributed by atoms with van der Waals surface area (Å²) in [6.45, 7) is 1.16. The van der Waals surface area contributed by atoms with Crippen LogP contribution in [0.2, 0.25) is 5.02 Å². The Hall–Kier alpha value is -1.07. The van der Waals surface area contributed by atoms with E-state index in [-0.39, 0.29) is 0 Å². The van der Waals surface area contributed by atoms with Crippen LogP contribution in [-0.2, 0) is 0 Å². The van der Waals surface area contributed by atoms with Gasteiger partial charge in [0.1, 0.15) is 5.02 Å². The fourth-order valence-corrected chi connectivity index (χ4v) is 1.30. The van der Waals surface area contributed by atoms with Crippen molar-refractivity contribution in [2.45, 2.75) is 0 Å². The Morgan fingerprint density at radius 2 is 2.29 bits per heavy atom. The summed E-state index contributed by atoms with van der Waals surface area (Å²) in [5, 5.41) is 11.3. The number of anilines is 2. The molecule has 0 atom stereocenters. The Kier molecular flexibility index (Phi) is 3.91. The molecule has 1 aromatic heterocycles. The van der Waals surface area contributed by atoms with Gasteiger partial charge in [0.2, 0.25) is 0 Å². The number of hydrogen-bond acceptors (Lipinski definition) is 5. The van der Waals surface area contributed by atoms with Crippen molar-refractivity contribution in [2.75, 3.05) is 37.4 Å². The molecule has 14 heavy (non-hydrogen) atoms. The van der Waals surface area contributed by atoms with Crippen LogP contribution in [0.25, 0.3) is 0 Å². The van der Waals surface area contributed by atoms with Gasteiger partial charge >= 0.3 is 0 Å². The van der Waals surface area contributed by atoms with Crippen molar-refractivity contribution in [3.05, 3.63) is 11.2 Å². The van der Waals surface area contributed by atoms with Crippen LogP contribution < -0.4 is 16.0 Å². The molecule has 0 amide bonds. The maximum absolute atomic E-state index is 6.09. The summed E-state index contributed by atoms with van der Waals surface area (Å²) in [6.07, 6.45) is 1.62. The molecule has 0 aliphatic heterocycles. The molecule has 1 heterocycles. The zero-order chi connectivity index (χ0) is 10.6. The van der Waals surface area contributed by atoms with Gasteiger partial charge in [-0.3, -0.25) is 0 Å². The molecule has 0 saturated carbocycles. The first-order chi connectivity index (χ1) is 6.66. The number of halogens is 1. The fraction of sp³-hybridized carbons (Fsp3) is 0.500. The quantitative estimate of drug-likeness (QED) is 0.769. The molecule has 0 unspecified atom stereocenters. The average Bonchev–Trinajstić information content (AvgIpc) is 2.16. The van der Waals surface area contributed by atoms with Gasteiger partial charge in [-0.25, -0.2) is 0 Å². The van der Waals surface area contributed by atoms with Gasteiger partial charge in [-0.15, -0.1) is 5.10 Å². The maximum Gasteiger partial charge on any atom is 0.169 e. The molecule has 0 fully saturated rings. The Labute approximate surface area is 88.3 Å². The standard InChI is InChI=1S/C8H14ClN5/c1-14(2)6-5-12-13-8(7(6)9)11-4-3-10/h5H,3-4,10H2,1-2H3,(H,11,13). The second-order valence-electron chi connectivity index (χ2n) is 3.00. The average molecular weight is 216 g/mol. The fourth-order valence-electron chi connectivity index (χ4n) is 0.978. The third-order valence-electron chi connectivity index (χ3n) is 1.69. The van der Waals surface area contributed by atoms with E-state index >= 15 is 0 Å². The minimum Gasteiger partial charge on any atom is -0.375 e. The largest absolute Gasteiger partial charge is 0.375 e. The Bertz CT molecular complexity index is 302. The zero-order valence-corrected chi connectivity index (χ0v) is 9.04. The second kappa shape index (κ2) is 4.97. The summed E-state index contributed by atoms with van der Waals surface area (Å²) < 4.78 is 0. The van der Waals surface area contributed by atoms with E-state index in [1.165, 1.54) is 0 Å². The predicted octanol–water partition coefficient (Wildman–Crippen LogP) is 0.567. The molecule has 1 rings (SSSR count). The zero-order valence-electron chi connectivity index (χ0n) is 8.29. The third-order valence-corrected chi connectivity index (χ3v) is 2.06. The second-order valence-corrected chi connectivity index (χ2v) is 3.38. The number of nitrogens with zero attached hydrogens (tertiary/aromatic N) is 3. The molecule has 6 heteroatoms. The van der Waals surface area contributed by atoms with E-state index < -0.39 is 0 Å². The summed E-state index contributed by atoms with van der Waals surface area (Å²) in [7, 11) is 3.80. The van der Waals surface area contributed by atoms with E-state index in [4.69, 9.17) is 17.3 Å². The summed E-state index contributed by atoms with van der Waals surface area (Å²) >= 11 is 6.09. The van der Waals surface area contributed by atoms with Crippen LogP contribution >= 0.6 is 11.6 Å². The van der Waals surface area contributed by atoms with Crippen LogP contribution in [-0.4, -0.2) is 37.4 Å². The Morgan fingerprint density at radius 3 is 2.86 bits per heavy atom. The van der Waals surface area contributed by atoms with Crippen molar-refractivity contribution < 1.29 is 0 Å². The lowest BCUT2D eigenvalue weighted by Gasteiger charge is -2.15. The van der Waals surface area contributed by atoms with Crippen LogP contribution in [0, 0.1) is 0 Å². The number of nitrogens with two attached hydrogens (primary N) is 1. The van der Waals surface area contributed by atoms with Crippen molar-refractivity contribution >= 4 is 23.1 Å². The monoisotopic (exact) mass is 215 g/mol. The minimum atomic E-state index is 0.532. The molecular formula is C8H14ClN5. The molecule has 0 saturated heterocycles. The van der Waals surface area contributed by atoms with Crippen LogP contribution in [0.4, 0.5) is 11.5 Å². The Morgan fingerprint density at radius 1 is 1.57 bits per heavy atom. The van der Waals surface area contributed by atoms with Gasteiger partial charge in [0, 0.05) is 27.2 Å². The molecule has 78 valence electrons. The van der Waals surface area contributed by atoms with Crippen LogP contribution in [0.3, 0.4) is 0 Å². The van der Waals surface area contributed by atoms with E-state index in [0.29, 0.717) is 23.9 Å². The van der Waals surface area contributed by atoms with Crippen molar-refractivity contribution in [1.29, 1.82) is 0 Å². The minimum absolute atomic E-state index is 0.532. The van der Waals surface area contributed by atoms with Crippen molar-refractivity contribution in [1.82, 2.24) is 10.2 Å². The first-order valence-corrected chi connectivity index (χ1v) is 4.67. The molecule has 0 bridgehead atoms. The SMILES string of the molecule is CN(C)c1cnnc(NCCN)c1Cl. The van der Waals surface area contributed by atoms with Gasteiger partial charge in [0.05, 0.1) is 11.9 Å². The summed E-state index contributed by atoms with van der Waals surface area (Å²) in [4.78, 5) is 1.88. The number of rotatable bonds is 4.